The number of pyridine rings is 1. The highest BCUT2D eigenvalue weighted by Gasteiger charge is 2.22. The highest BCUT2D eigenvalue weighted by Crippen LogP contribution is 2.30. The van der Waals surface area contributed by atoms with Crippen LogP contribution in [0.1, 0.15) is 55.3 Å². The molecule has 7 nitrogen and oxygen atoms in total. The van der Waals surface area contributed by atoms with Gasteiger partial charge in [-0.3, -0.25) is 4.79 Å². The molecule has 2 aromatic rings. The number of carbonyl (C=O) groups is 1. The van der Waals surface area contributed by atoms with Gasteiger partial charge in [0.1, 0.15) is 11.6 Å². The largest absolute Gasteiger partial charge is 0.493 e. The highest BCUT2D eigenvalue weighted by molar-refractivity contribution is 7.89. The molecule has 1 aromatic heterocycles. The molecular formula is C25H31N3O4S. The maximum atomic E-state index is 12.5. The zero-order valence-electron chi connectivity index (χ0n) is 18.9. The van der Waals surface area contributed by atoms with Crippen LogP contribution in [0, 0.1) is 5.92 Å². The second-order valence-electron chi connectivity index (χ2n) is 8.85. The first-order chi connectivity index (χ1) is 15.9. The average Bonchev–Trinajstić information content (AvgIpc) is 3.62. The van der Waals surface area contributed by atoms with Crippen molar-refractivity contribution in [3.63, 3.8) is 0 Å². The number of nitrogens with zero attached hydrogens (tertiary/aromatic N) is 1. The second-order valence-corrected chi connectivity index (χ2v) is 10.7. The van der Waals surface area contributed by atoms with E-state index in [0.717, 1.165) is 29.0 Å². The van der Waals surface area contributed by atoms with Crippen molar-refractivity contribution in [1.29, 1.82) is 0 Å². The smallest absolute Gasteiger partial charge is 0.225 e. The zero-order chi connectivity index (χ0) is 23.3. The molecule has 0 spiro atoms. The Morgan fingerprint density at radius 1 is 1.24 bits per heavy atom. The van der Waals surface area contributed by atoms with Gasteiger partial charge in [-0.15, -0.1) is 0 Å². The van der Waals surface area contributed by atoms with E-state index in [1.54, 1.807) is 6.20 Å². The fraction of sp³-hybridized carbons (Fsp3) is 0.440. The van der Waals surface area contributed by atoms with Crippen molar-refractivity contribution in [2.45, 2.75) is 51.5 Å². The third-order valence-corrected chi connectivity index (χ3v) is 7.36. The fourth-order valence-electron chi connectivity index (χ4n) is 3.75. The minimum absolute atomic E-state index is 0.00129. The lowest BCUT2D eigenvalue weighted by molar-refractivity contribution is -0.116. The lowest BCUT2D eigenvalue weighted by Gasteiger charge is -2.16. The number of hydrogen-bond donors (Lipinski definition) is 2. The maximum absolute atomic E-state index is 12.5. The van der Waals surface area contributed by atoms with Crippen LogP contribution in [-0.2, 0) is 27.7 Å². The van der Waals surface area contributed by atoms with E-state index in [2.05, 4.69) is 21.1 Å². The summed E-state index contributed by atoms with van der Waals surface area (Å²) in [5.41, 5.74) is 2.97. The molecule has 2 N–H and O–H groups in total. The van der Waals surface area contributed by atoms with Gasteiger partial charge in [-0.1, -0.05) is 30.4 Å². The average molecular weight is 470 g/mol. The number of aryl methyl sites for hydroxylation is 1. The van der Waals surface area contributed by atoms with E-state index in [1.807, 2.05) is 43.3 Å². The van der Waals surface area contributed by atoms with Gasteiger partial charge in [-0.05, 0) is 73.8 Å². The van der Waals surface area contributed by atoms with Crippen molar-refractivity contribution in [2.75, 3.05) is 17.7 Å². The van der Waals surface area contributed by atoms with Gasteiger partial charge < -0.3 is 10.1 Å². The molecule has 0 saturated heterocycles. The molecule has 176 valence electrons. The van der Waals surface area contributed by atoms with Crippen LogP contribution in [0.25, 0.3) is 0 Å². The quantitative estimate of drug-likeness (QED) is 0.486. The molecule has 1 fully saturated rings. The normalized spacial score (nSPS) is 16.9. The fourth-order valence-corrected chi connectivity index (χ4v) is 4.99. The lowest BCUT2D eigenvalue weighted by atomic mass is 10.0. The molecule has 2 aliphatic rings. The summed E-state index contributed by atoms with van der Waals surface area (Å²) in [6, 6.07) is 9.35. The van der Waals surface area contributed by atoms with Crippen molar-refractivity contribution in [3.05, 3.63) is 65.4 Å². The van der Waals surface area contributed by atoms with Crippen molar-refractivity contribution in [3.8, 4) is 5.75 Å². The van der Waals surface area contributed by atoms with Crippen molar-refractivity contribution >= 4 is 21.7 Å². The number of allylic oxidation sites excluding steroid dienone is 2. The van der Waals surface area contributed by atoms with Crippen LogP contribution < -0.4 is 14.8 Å². The van der Waals surface area contributed by atoms with Crippen molar-refractivity contribution in [1.82, 2.24) is 9.71 Å². The monoisotopic (exact) mass is 469 g/mol. The molecule has 1 aliphatic heterocycles. The molecule has 2 heterocycles. The van der Waals surface area contributed by atoms with Gasteiger partial charge in [-0.2, -0.15) is 0 Å². The number of ether oxygens (including phenoxy) is 1. The first kappa shape index (κ1) is 23.4. The van der Waals surface area contributed by atoms with Crippen LogP contribution in [0.15, 0.2) is 48.7 Å². The Bertz CT molecular complexity index is 1130. The van der Waals surface area contributed by atoms with Gasteiger partial charge in [-0.25, -0.2) is 18.1 Å². The molecule has 1 saturated carbocycles. The highest BCUT2D eigenvalue weighted by atomic mass is 32.2. The number of rotatable bonds is 11. The summed E-state index contributed by atoms with van der Waals surface area (Å²) in [4.78, 5) is 15.7. The third kappa shape index (κ3) is 7.14. The Balaban J connectivity index is 1.23. The summed E-state index contributed by atoms with van der Waals surface area (Å²) in [6.45, 7) is 2.58. The van der Waals surface area contributed by atoms with Gasteiger partial charge in [0.15, 0.2) is 0 Å². The van der Waals surface area contributed by atoms with E-state index >= 15 is 0 Å². The number of sulfonamides is 1. The molecule has 0 unspecified atom stereocenters. The van der Waals surface area contributed by atoms with Crippen LogP contribution >= 0.6 is 0 Å². The summed E-state index contributed by atoms with van der Waals surface area (Å²) in [5, 5.41) is 2.77. The molecule has 0 bridgehead atoms. The van der Waals surface area contributed by atoms with Gasteiger partial charge in [0.05, 0.1) is 12.4 Å². The van der Waals surface area contributed by atoms with Crippen molar-refractivity contribution in [2.24, 2.45) is 5.92 Å². The predicted octanol–water partition coefficient (Wildman–Crippen LogP) is 3.92. The van der Waals surface area contributed by atoms with Gasteiger partial charge in [0.25, 0.3) is 0 Å². The Morgan fingerprint density at radius 2 is 2.09 bits per heavy atom. The summed E-state index contributed by atoms with van der Waals surface area (Å²) in [7, 11) is -3.41. The number of anilines is 1. The van der Waals surface area contributed by atoms with Crippen LogP contribution in [0.4, 0.5) is 5.82 Å². The number of nitrogens with one attached hydrogen (secondary N) is 2. The summed E-state index contributed by atoms with van der Waals surface area (Å²) in [6.07, 6.45) is 10.3. The van der Waals surface area contributed by atoms with E-state index in [1.165, 1.54) is 12.8 Å². The molecule has 1 amide bonds. The number of carbonyl (C=O) groups excluding carboxylic acids is 1. The molecule has 33 heavy (non-hydrogen) atoms. The number of fused-ring (bicyclic) bond motifs is 1. The van der Waals surface area contributed by atoms with Crippen molar-refractivity contribution < 1.29 is 17.9 Å². The van der Waals surface area contributed by atoms with E-state index in [0.29, 0.717) is 37.4 Å². The molecule has 0 radical (unpaired) electrons. The predicted molar refractivity (Wildman–Crippen MR) is 129 cm³/mol. The molecule has 1 aliphatic carbocycles. The zero-order valence-corrected chi connectivity index (χ0v) is 19.7. The molecule has 1 aromatic carbocycles. The van der Waals surface area contributed by atoms with E-state index < -0.39 is 10.0 Å². The maximum Gasteiger partial charge on any atom is 0.225 e. The van der Waals surface area contributed by atoms with Gasteiger partial charge in [0.2, 0.25) is 15.9 Å². The Hall–Kier alpha value is -2.71. The van der Waals surface area contributed by atoms with Gasteiger partial charge >= 0.3 is 0 Å². The topological polar surface area (TPSA) is 97.4 Å². The minimum atomic E-state index is -3.41. The Morgan fingerprint density at radius 3 is 2.91 bits per heavy atom. The van der Waals surface area contributed by atoms with Crippen LogP contribution in [0.5, 0.6) is 5.75 Å². The van der Waals surface area contributed by atoms with Crippen LogP contribution in [0.2, 0.25) is 0 Å². The molecular weight excluding hydrogens is 438 g/mol. The van der Waals surface area contributed by atoms with E-state index in [9.17, 15) is 13.2 Å². The number of benzene rings is 1. The van der Waals surface area contributed by atoms with Gasteiger partial charge in [0, 0.05) is 18.7 Å². The van der Waals surface area contributed by atoms with Crippen LogP contribution in [0.3, 0.4) is 0 Å². The molecule has 1 atom stereocenters. The minimum Gasteiger partial charge on any atom is -0.493 e. The summed E-state index contributed by atoms with van der Waals surface area (Å²) < 4.78 is 33.6. The molecule has 8 heteroatoms. The summed E-state index contributed by atoms with van der Waals surface area (Å²) in [5.74, 6) is 2.13. The first-order valence-corrected chi connectivity index (χ1v) is 13.2. The van der Waals surface area contributed by atoms with Crippen LogP contribution in [-0.4, -0.2) is 31.7 Å². The second kappa shape index (κ2) is 10.5. The third-order valence-electron chi connectivity index (χ3n) is 5.87. The standard InChI is InChI=1S/C25H31N3O4S/c1-18(21-7-5-8-23(15-21)32-17-19-9-10-19)28-33(30,31)13-4-2-3-6-20-14-22-11-12-24(29)27-25(22)26-16-20/h2-3,5,7-8,14-16,18-19,28H,4,6,9-13,17H2,1H3,(H,26,27,29)/b3-2+/t18-/m1/s1. The number of hydrogen-bond acceptors (Lipinski definition) is 5. The number of aromatic nitrogens is 1. The Kier molecular flexibility index (Phi) is 7.45. The Labute approximate surface area is 195 Å². The molecule has 4 rings (SSSR count). The van der Waals surface area contributed by atoms with E-state index in [-0.39, 0.29) is 17.7 Å². The number of amides is 1. The van der Waals surface area contributed by atoms with E-state index in [4.69, 9.17) is 4.74 Å². The summed E-state index contributed by atoms with van der Waals surface area (Å²) >= 11 is 0. The SMILES string of the molecule is C[C@@H](NS(=O)(=O)CC/C=C/Cc1cnc2c(c1)CCC(=O)N2)c1cccc(OCC2CC2)c1. The lowest BCUT2D eigenvalue weighted by Crippen LogP contribution is -2.29. The first-order valence-electron chi connectivity index (χ1n) is 11.5.